The number of fused-ring (bicyclic) bond motifs is 6. The number of benzene rings is 8. The third-order valence-corrected chi connectivity index (χ3v) is 11.9. The smallest absolute Gasteiger partial charge is 0.164 e. The van der Waals surface area contributed by atoms with Gasteiger partial charge >= 0.3 is 0 Å². The second-order valence-electron chi connectivity index (χ2n) is 15.7. The van der Waals surface area contributed by atoms with Crippen LogP contribution in [0.4, 0.5) is 0 Å². The van der Waals surface area contributed by atoms with Crippen LogP contribution in [0.1, 0.15) is 25.0 Å². The molecule has 8 aromatic carbocycles. The molecule has 2 aromatic heterocycles. The molecule has 1 aliphatic rings. The van der Waals surface area contributed by atoms with E-state index < -0.39 is 0 Å². The SMILES string of the molecule is CC1(C)c2ccccc2-c2c(-n3c4cc(-c5ccccc5)ccc4c4ccc(-c5nc(-c6ccccc6)nc(-c6ccc(-c7ccccc7)cc6)n5)cc43)cccc21. The monoisotopic (exact) mass is 742 g/mol. The molecule has 2 heterocycles. The van der Waals surface area contributed by atoms with Gasteiger partial charge in [-0.15, -0.1) is 0 Å². The van der Waals surface area contributed by atoms with Crippen molar-refractivity contribution < 1.29 is 0 Å². The molecule has 58 heavy (non-hydrogen) atoms. The highest BCUT2D eigenvalue weighted by Gasteiger charge is 2.37. The lowest BCUT2D eigenvalue weighted by Gasteiger charge is -2.22. The summed E-state index contributed by atoms with van der Waals surface area (Å²) < 4.78 is 2.47. The molecule has 0 aliphatic heterocycles. The van der Waals surface area contributed by atoms with E-state index in [0.717, 1.165) is 39.0 Å². The third kappa shape index (κ3) is 5.48. The van der Waals surface area contributed by atoms with Gasteiger partial charge in [-0.3, -0.25) is 0 Å². The van der Waals surface area contributed by atoms with Gasteiger partial charge < -0.3 is 4.57 Å². The molecule has 0 N–H and O–H groups in total. The van der Waals surface area contributed by atoms with Gasteiger partial charge in [0.2, 0.25) is 0 Å². The lowest BCUT2D eigenvalue weighted by atomic mass is 9.82. The fraction of sp³-hybridized carbons (Fsp3) is 0.0556. The van der Waals surface area contributed by atoms with E-state index >= 15 is 0 Å². The molecule has 4 heteroatoms. The molecule has 0 radical (unpaired) electrons. The standard InChI is InChI=1S/C54H38N4/c1-54(2)45-22-13-12-21-44(45)50-46(54)23-14-24-47(50)58-48-33-40(36-17-8-4-9-18-36)29-31-42(48)43-32-30-41(34-49(43)58)53-56-51(38-19-10-5-11-20-38)55-52(57-53)39-27-25-37(26-28-39)35-15-6-3-7-16-35/h3-34H,1-2H3. The fourth-order valence-corrected chi connectivity index (χ4v) is 8.94. The van der Waals surface area contributed by atoms with E-state index in [2.05, 4.69) is 188 Å². The first-order valence-electron chi connectivity index (χ1n) is 19.9. The molecule has 0 fully saturated rings. The summed E-state index contributed by atoms with van der Waals surface area (Å²) in [6.45, 7) is 4.69. The van der Waals surface area contributed by atoms with Crippen LogP contribution in [-0.4, -0.2) is 19.5 Å². The van der Waals surface area contributed by atoms with Gasteiger partial charge in [0.1, 0.15) is 0 Å². The summed E-state index contributed by atoms with van der Waals surface area (Å²) in [6.07, 6.45) is 0. The van der Waals surface area contributed by atoms with Crippen LogP contribution in [0.2, 0.25) is 0 Å². The molecule has 4 nitrogen and oxygen atoms in total. The Bertz CT molecular complexity index is 3160. The van der Waals surface area contributed by atoms with Gasteiger partial charge in [0.05, 0.1) is 16.7 Å². The van der Waals surface area contributed by atoms with E-state index in [4.69, 9.17) is 15.0 Å². The van der Waals surface area contributed by atoms with Crippen LogP contribution in [0, 0.1) is 0 Å². The molecular weight excluding hydrogens is 705 g/mol. The molecule has 0 bridgehead atoms. The Labute approximate surface area is 337 Å². The zero-order valence-electron chi connectivity index (χ0n) is 32.3. The summed E-state index contributed by atoms with van der Waals surface area (Å²) in [7, 11) is 0. The molecule has 10 aromatic rings. The van der Waals surface area contributed by atoms with Gasteiger partial charge in [-0.2, -0.15) is 0 Å². The van der Waals surface area contributed by atoms with Crippen molar-refractivity contribution in [1.82, 2.24) is 19.5 Å². The summed E-state index contributed by atoms with van der Waals surface area (Å²) in [4.78, 5) is 15.4. The van der Waals surface area contributed by atoms with Gasteiger partial charge in [0.25, 0.3) is 0 Å². The van der Waals surface area contributed by atoms with Crippen molar-refractivity contribution in [2.75, 3.05) is 0 Å². The highest BCUT2D eigenvalue weighted by Crippen LogP contribution is 2.52. The van der Waals surface area contributed by atoms with E-state index in [1.807, 2.05) is 24.3 Å². The Kier molecular flexibility index (Phi) is 7.80. The summed E-state index contributed by atoms with van der Waals surface area (Å²) in [5.41, 5.74) is 16.0. The molecule has 0 saturated heterocycles. The molecule has 0 spiro atoms. The van der Waals surface area contributed by atoms with Gasteiger partial charge in [-0.05, 0) is 57.1 Å². The Morgan fingerprint density at radius 2 is 0.793 bits per heavy atom. The molecular formula is C54H38N4. The minimum Gasteiger partial charge on any atom is -0.309 e. The minimum atomic E-state index is -0.129. The van der Waals surface area contributed by atoms with Crippen LogP contribution < -0.4 is 0 Å². The van der Waals surface area contributed by atoms with Crippen LogP contribution >= 0.6 is 0 Å². The number of nitrogens with zero attached hydrogens (tertiary/aromatic N) is 4. The minimum absolute atomic E-state index is 0.129. The van der Waals surface area contributed by atoms with E-state index in [1.165, 1.54) is 49.7 Å². The summed E-state index contributed by atoms with van der Waals surface area (Å²) >= 11 is 0. The Morgan fingerprint density at radius 3 is 1.43 bits per heavy atom. The molecule has 0 saturated carbocycles. The number of rotatable bonds is 6. The fourth-order valence-electron chi connectivity index (χ4n) is 8.94. The van der Waals surface area contributed by atoms with Crippen LogP contribution in [0.15, 0.2) is 194 Å². The topological polar surface area (TPSA) is 43.6 Å². The first-order chi connectivity index (χ1) is 28.5. The maximum atomic E-state index is 5.19. The second-order valence-corrected chi connectivity index (χ2v) is 15.7. The maximum Gasteiger partial charge on any atom is 0.164 e. The lowest BCUT2D eigenvalue weighted by molar-refractivity contribution is 0.660. The molecule has 0 unspecified atom stereocenters. The average Bonchev–Trinajstić information content (AvgIpc) is 3.74. The van der Waals surface area contributed by atoms with Crippen LogP contribution in [0.25, 0.3) is 95.0 Å². The van der Waals surface area contributed by atoms with Crippen molar-refractivity contribution in [1.29, 1.82) is 0 Å². The highest BCUT2D eigenvalue weighted by molar-refractivity contribution is 6.12. The van der Waals surface area contributed by atoms with Gasteiger partial charge in [-0.25, -0.2) is 15.0 Å². The van der Waals surface area contributed by atoms with E-state index in [0.29, 0.717) is 17.5 Å². The van der Waals surface area contributed by atoms with Crippen LogP contribution in [-0.2, 0) is 5.41 Å². The molecule has 11 rings (SSSR count). The quantitative estimate of drug-likeness (QED) is 0.170. The van der Waals surface area contributed by atoms with E-state index in [-0.39, 0.29) is 5.41 Å². The molecule has 0 atom stereocenters. The molecule has 274 valence electrons. The van der Waals surface area contributed by atoms with E-state index in [9.17, 15) is 0 Å². The van der Waals surface area contributed by atoms with Crippen molar-refractivity contribution in [3.05, 3.63) is 205 Å². The lowest BCUT2D eigenvalue weighted by Crippen LogP contribution is -2.15. The normalized spacial score (nSPS) is 12.8. The van der Waals surface area contributed by atoms with Crippen molar-refractivity contribution in [2.45, 2.75) is 19.3 Å². The highest BCUT2D eigenvalue weighted by atomic mass is 15.0. The van der Waals surface area contributed by atoms with Crippen molar-refractivity contribution in [3.63, 3.8) is 0 Å². The second kappa shape index (κ2) is 13.4. The van der Waals surface area contributed by atoms with Crippen molar-refractivity contribution in [3.8, 4) is 73.2 Å². The number of hydrogen-bond acceptors (Lipinski definition) is 3. The zero-order valence-corrected chi connectivity index (χ0v) is 32.3. The van der Waals surface area contributed by atoms with Crippen LogP contribution in [0.3, 0.4) is 0 Å². The van der Waals surface area contributed by atoms with E-state index in [1.54, 1.807) is 0 Å². The van der Waals surface area contributed by atoms with Gasteiger partial charge in [0.15, 0.2) is 17.5 Å². The average molecular weight is 743 g/mol. The molecule has 1 aliphatic carbocycles. The summed E-state index contributed by atoms with van der Waals surface area (Å²) in [6, 6.07) is 69.0. The largest absolute Gasteiger partial charge is 0.309 e. The number of aromatic nitrogens is 4. The number of hydrogen-bond donors (Lipinski definition) is 0. The summed E-state index contributed by atoms with van der Waals surface area (Å²) in [5, 5.41) is 2.37. The van der Waals surface area contributed by atoms with Crippen molar-refractivity contribution >= 4 is 21.8 Å². The Hall–Kier alpha value is -7.43. The first kappa shape index (κ1) is 33.9. The Morgan fingerprint density at radius 1 is 0.362 bits per heavy atom. The Balaban J connectivity index is 1.15. The molecule has 0 amide bonds. The maximum absolute atomic E-state index is 5.19. The third-order valence-electron chi connectivity index (χ3n) is 11.9. The predicted octanol–water partition coefficient (Wildman–Crippen LogP) is 13.6. The van der Waals surface area contributed by atoms with Gasteiger partial charge in [0, 0.05) is 38.4 Å². The summed E-state index contributed by atoms with van der Waals surface area (Å²) in [5.74, 6) is 1.90. The van der Waals surface area contributed by atoms with Crippen LogP contribution in [0.5, 0.6) is 0 Å². The van der Waals surface area contributed by atoms with Crippen molar-refractivity contribution in [2.24, 2.45) is 0 Å². The first-order valence-corrected chi connectivity index (χ1v) is 19.9. The van der Waals surface area contributed by atoms with Gasteiger partial charge in [-0.1, -0.05) is 190 Å². The predicted molar refractivity (Wildman–Crippen MR) is 239 cm³/mol. The zero-order chi connectivity index (χ0) is 38.8.